The summed E-state index contributed by atoms with van der Waals surface area (Å²) < 4.78 is 21.2. The lowest BCUT2D eigenvalue weighted by molar-refractivity contribution is 0.0973. The number of benzene rings is 1. The number of para-hydroxylation sites is 1. The van der Waals surface area contributed by atoms with E-state index < -0.39 is 14.4 Å². The summed E-state index contributed by atoms with van der Waals surface area (Å²) >= 11 is 0. The van der Waals surface area contributed by atoms with Crippen molar-refractivity contribution < 1.29 is 23.8 Å². The molecule has 0 spiro atoms. The quantitative estimate of drug-likeness (QED) is 0.657. The molecule has 1 aliphatic rings. The highest BCUT2D eigenvalue weighted by Gasteiger charge is 2.24. The lowest BCUT2D eigenvalue weighted by Gasteiger charge is -2.34. The van der Waals surface area contributed by atoms with Crippen molar-refractivity contribution in [3.05, 3.63) is 24.5 Å². The molecule has 1 fully saturated rings. The standard InChI is InChI=1S/C18H26N3O5P/c1-25-16-6-2-5-15-17(16)19-12-20-18(15)21-9-3-4-13(10-21)7-8-14(11-22)26-27(23)24/h2,5-6,12-14,22,27H,3-4,7-11H2,1H3,(H,23,24). The third-order valence-electron chi connectivity index (χ3n) is 5.01. The molecular weight excluding hydrogens is 369 g/mol. The summed E-state index contributed by atoms with van der Waals surface area (Å²) in [5.41, 5.74) is 0.800. The van der Waals surface area contributed by atoms with E-state index >= 15 is 0 Å². The largest absolute Gasteiger partial charge is 0.494 e. The third-order valence-corrected chi connectivity index (χ3v) is 5.55. The normalized spacial score (nSPS) is 19.8. The molecule has 8 nitrogen and oxygen atoms in total. The summed E-state index contributed by atoms with van der Waals surface area (Å²) in [5.74, 6) is 2.04. The number of piperidine rings is 1. The van der Waals surface area contributed by atoms with Crippen molar-refractivity contribution in [2.75, 3.05) is 31.7 Å². The average Bonchev–Trinajstić information content (AvgIpc) is 2.70. The Hall–Kier alpha value is -1.73. The second-order valence-corrected chi connectivity index (χ2v) is 7.54. The lowest BCUT2D eigenvalue weighted by atomic mass is 9.92. The van der Waals surface area contributed by atoms with Crippen LogP contribution in [0, 0.1) is 5.92 Å². The number of rotatable bonds is 8. The molecule has 0 bridgehead atoms. The number of nitrogens with zero attached hydrogens (tertiary/aromatic N) is 3. The van der Waals surface area contributed by atoms with E-state index in [0.29, 0.717) is 12.3 Å². The molecule has 1 aliphatic heterocycles. The van der Waals surface area contributed by atoms with Gasteiger partial charge in [-0.3, -0.25) is 4.57 Å². The van der Waals surface area contributed by atoms with Gasteiger partial charge in [0.25, 0.3) is 0 Å². The van der Waals surface area contributed by atoms with Crippen LogP contribution >= 0.6 is 8.25 Å². The van der Waals surface area contributed by atoms with Crippen molar-refractivity contribution in [1.82, 2.24) is 9.97 Å². The van der Waals surface area contributed by atoms with Crippen molar-refractivity contribution in [3.63, 3.8) is 0 Å². The van der Waals surface area contributed by atoms with Gasteiger partial charge in [-0.1, -0.05) is 6.07 Å². The number of fused-ring (bicyclic) bond motifs is 1. The first-order valence-electron chi connectivity index (χ1n) is 9.15. The second-order valence-electron chi connectivity index (χ2n) is 6.77. The molecule has 3 rings (SSSR count). The first-order valence-corrected chi connectivity index (χ1v) is 10.4. The van der Waals surface area contributed by atoms with Crippen molar-refractivity contribution >= 4 is 25.0 Å². The molecule has 0 amide bonds. The Labute approximate surface area is 159 Å². The number of aliphatic hydroxyl groups is 1. The number of anilines is 1. The molecule has 3 unspecified atom stereocenters. The van der Waals surface area contributed by atoms with E-state index in [0.717, 1.165) is 54.8 Å². The molecular formula is C18H26N3O5P. The number of hydrogen-bond donors (Lipinski definition) is 2. The molecule has 3 atom stereocenters. The maximum atomic E-state index is 10.9. The molecule has 2 aromatic rings. The minimum Gasteiger partial charge on any atom is -0.494 e. The van der Waals surface area contributed by atoms with E-state index in [1.54, 1.807) is 13.4 Å². The highest BCUT2D eigenvalue weighted by Crippen LogP contribution is 2.33. The number of methoxy groups -OCH3 is 1. The predicted molar refractivity (Wildman–Crippen MR) is 103 cm³/mol. The molecule has 1 saturated heterocycles. The molecule has 2 N–H and O–H groups in total. The first-order chi connectivity index (χ1) is 13.1. The molecule has 9 heteroatoms. The maximum absolute atomic E-state index is 10.9. The third kappa shape index (κ3) is 4.96. The van der Waals surface area contributed by atoms with E-state index in [1.807, 2.05) is 18.2 Å². The number of aromatic nitrogens is 2. The Morgan fingerprint density at radius 2 is 2.26 bits per heavy atom. The summed E-state index contributed by atoms with van der Waals surface area (Å²) in [6, 6.07) is 5.83. The van der Waals surface area contributed by atoms with Crippen LogP contribution in [-0.4, -0.2) is 52.9 Å². The van der Waals surface area contributed by atoms with Gasteiger partial charge >= 0.3 is 8.25 Å². The highest BCUT2D eigenvalue weighted by molar-refractivity contribution is 7.32. The number of ether oxygens (including phenoxy) is 1. The van der Waals surface area contributed by atoms with Gasteiger partial charge < -0.3 is 24.2 Å². The molecule has 1 aromatic carbocycles. The summed E-state index contributed by atoms with van der Waals surface area (Å²) in [6.07, 6.45) is 4.49. The summed E-state index contributed by atoms with van der Waals surface area (Å²) in [6.45, 7) is 1.52. The second kappa shape index (κ2) is 9.46. The molecule has 27 heavy (non-hydrogen) atoms. The Morgan fingerprint density at radius 1 is 1.41 bits per heavy atom. The fourth-order valence-corrected chi connectivity index (χ4v) is 4.19. The van der Waals surface area contributed by atoms with E-state index in [2.05, 4.69) is 14.9 Å². The zero-order valence-electron chi connectivity index (χ0n) is 15.4. The smallest absolute Gasteiger partial charge is 0.316 e. The topological polar surface area (TPSA) is 105 Å². The molecule has 148 valence electrons. The van der Waals surface area contributed by atoms with Crippen LogP contribution in [0.25, 0.3) is 10.9 Å². The molecule has 0 saturated carbocycles. The lowest BCUT2D eigenvalue weighted by Crippen LogP contribution is -2.36. The van der Waals surface area contributed by atoms with Crippen LogP contribution in [-0.2, 0) is 9.09 Å². The summed E-state index contributed by atoms with van der Waals surface area (Å²) in [5, 5.41) is 10.3. The van der Waals surface area contributed by atoms with Gasteiger partial charge in [-0.25, -0.2) is 9.97 Å². The number of hydrogen-bond acceptors (Lipinski definition) is 7. The van der Waals surface area contributed by atoms with Crippen LogP contribution in [0.15, 0.2) is 24.5 Å². The van der Waals surface area contributed by atoms with Gasteiger partial charge in [0.1, 0.15) is 23.4 Å². The van der Waals surface area contributed by atoms with E-state index in [9.17, 15) is 9.67 Å². The summed E-state index contributed by atoms with van der Waals surface area (Å²) in [7, 11) is -1.40. The Bertz CT molecular complexity index is 791. The van der Waals surface area contributed by atoms with E-state index in [1.165, 1.54) is 0 Å². The molecule has 2 heterocycles. The van der Waals surface area contributed by atoms with Crippen LogP contribution in [0.3, 0.4) is 0 Å². The highest BCUT2D eigenvalue weighted by atomic mass is 31.1. The average molecular weight is 395 g/mol. The first kappa shape index (κ1) is 20.0. The predicted octanol–water partition coefficient (Wildman–Crippen LogP) is 2.39. The van der Waals surface area contributed by atoms with Crippen molar-refractivity contribution in [1.29, 1.82) is 0 Å². The fraction of sp³-hybridized carbons (Fsp3) is 0.556. The monoisotopic (exact) mass is 395 g/mol. The van der Waals surface area contributed by atoms with Crippen LogP contribution in [0.2, 0.25) is 0 Å². The Balaban J connectivity index is 1.71. The summed E-state index contributed by atoms with van der Waals surface area (Å²) in [4.78, 5) is 20.1. The SMILES string of the molecule is COc1cccc2c(N3CCCC(CCC(CO)O[PH](=O)O)C3)ncnc12. The zero-order valence-corrected chi connectivity index (χ0v) is 16.4. The molecule has 0 radical (unpaired) electrons. The Morgan fingerprint density at radius 3 is 3.00 bits per heavy atom. The van der Waals surface area contributed by atoms with E-state index in [-0.39, 0.29) is 6.61 Å². The van der Waals surface area contributed by atoms with Crippen LogP contribution in [0.5, 0.6) is 5.75 Å². The van der Waals surface area contributed by atoms with Gasteiger partial charge in [-0.15, -0.1) is 0 Å². The minimum atomic E-state index is -3.03. The van der Waals surface area contributed by atoms with Gasteiger partial charge in [0.2, 0.25) is 0 Å². The van der Waals surface area contributed by atoms with E-state index in [4.69, 9.17) is 14.2 Å². The van der Waals surface area contributed by atoms with Crippen LogP contribution < -0.4 is 9.64 Å². The van der Waals surface area contributed by atoms with Gasteiger partial charge in [-0.2, -0.15) is 0 Å². The fourth-order valence-electron chi connectivity index (χ4n) is 3.71. The van der Waals surface area contributed by atoms with Gasteiger partial charge in [0.15, 0.2) is 0 Å². The molecule has 1 aromatic heterocycles. The minimum absolute atomic E-state index is 0.246. The van der Waals surface area contributed by atoms with Crippen molar-refractivity contribution in [3.8, 4) is 5.75 Å². The maximum Gasteiger partial charge on any atom is 0.316 e. The number of aliphatic hydroxyl groups excluding tert-OH is 1. The van der Waals surface area contributed by atoms with Crippen LogP contribution in [0.1, 0.15) is 25.7 Å². The van der Waals surface area contributed by atoms with Crippen molar-refractivity contribution in [2.24, 2.45) is 5.92 Å². The van der Waals surface area contributed by atoms with Crippen molar-refractivity contribution in [2.45, 2.75) is 31.8 Å². The molecule has 0 aliphatic carbocycles. The van der Waals surface area contributed by atoms with Gasteiger partial charge in [-0.05, 0) is 43.7 Å². The van der Waals surface area contributed by atoms with Crippen LogP contribution in [0.4, 0.5) is 5.82 Å². The van der Waals surface area contributed by atoms with Gasteiger partial charge in [0.05, 0.1) is 19.8 Å². The Kier molecular flexibility index (Phi) is 7.01. The van der Waals surface area contributed by atoms with Gasteiger partial charge in [0, 0.05) is 18.5 Å². The zero-order chi connectivity index (χ0) is 19.2.